The minimum Gasteiger partial charge on any atom is -0.234 e. The molecule has 0 aliphatic rings. The second-order valence-corrected chi connectivity index (χ2v) is 6.27. The van der Waals surface area contributed by atoms with Crippen molar-refractivity contribution >= 4 is 23.3 Å². The SMILES string of the molecule is C=C/C=C\C(=C)c1cc(/C=C/C(=C\C)C(/C=C\C)=C/CC/C=C/Cl)nc(C)n1. The van der Waals surface area contributed by atoms with E-state index in [-0.39, 0.29) is 0 Å². The molecule has 0 saturated heterocycles. The van der Waals surface area contributed by atoms with E-state index in [1.807, 2.05) is 57.2 Å². The summed E-state index contributed by atoms with van der Waals surface area (Å²) in [6, 6.07) is 1.94. The van der Waals surface area contributed by atoms with Gasteiger partial charge in [0.1, 0.15) is 5.82 Å². The zero-order valence-electron chi connectivity index (χ0n) is 17.0. The highest BCUT2D eigenvalue weighted by atomic mass is 35.5. The molecule has 3 heteroatoms. The van der Waals surface area contributed by atoms with Crippen LogP contribution in [-0.4, -0.2) is 9.97 Å². The van der Waals surface area contributed by atoms with E-state index in [1.54, 1.807) is 11.6 Å². The van der Waals surface area contributed by atoms with Gasteiger partial charge in [0.2, 0.25) is 0 Å². The van der Waals surface area contributed by atoms with Crippen molar-refractivity contribution in [2.24, 2.45) is 0 Å². The summed E-state index contributed by atoms with van der Waals surface area (Å²) in [6.07, 6.45) is 21.8. The summed E-state index contributed by atoms with van der Waals surface area (Å²) in [7, 11) is 0. The van der Waals surface area contributed by atoms with Crippen LogP contribution >= 0.6 is 11.6 Å². The molecule has 1 rings (SSSR count). The molecule has 1 heterocycles. The third-order valence-corrected chi connectivity index (χ3v) is 4.01. The molecule has 1 aromatic rings. The molecule has 146 valence electrons. The van der Waals surface area contributed by atoms with E-state index < -0.39 is 0 Å². The van der Waals surface area contributed by atoms with Crippen molar-refractivity contribution in [3.63, 3.8) is 0 Å². The van der Waals surface area contributed by atoms with E-state index in [2.05, 4.69) is 47.4 Å². The predicted molar refractivity (Wildman–Crippen MR) is 125 cm³/mol. The van der Waals surface area contributed by atoms with Gasteiger partial charge < -0.3 is 0 Å². The summed E-state index contributed by atoms with van der Waals surface area (Å²) < 4.78 is 0. The second-order valence-electron chi connectivity index (χ2n) is 6.02. The second kappa shape index (κ2) is 13.5. The molecule has 0 radical (unpaired) electrons. The standard InChI is InChI=1S/C25H29ClN2/c1-6-9-14-20(4)25-19-24(27-21(5)28-25)17-16-22(8-3)23(13-7-2)15-11-10-12-18-26/h6-9,12-19H,1,4,10-11H2,2-3,5H3/b13-7-,14-9-,17-16+,18-12+,22-8+,23-15+. The molecule has 0 spiro atoms. The van der Waals surface area contributed by atoms with Crippen LogP contribution < -0.4 is 0 Å². The predicted octanol–water partition coefficient (Wildman–Crippen LogP) is 7.54. The van der Waals surface area contributed by atoms with Gasteiger partial charge >= 0.3 is 0 Å². The summed E-state index contributed by atoms with van der Waals surface area (Å²) in [6.45, 7) is 13.7. The first-order chi connectivity index (χ1) is 13.5. The van der Waals surface area contributed by atoms with Gasteiger partial charge in [-0.1, -0.05) is 79.4 Å². The van der Waals surface area contributed by atoms with Gasteiger partial charge in [0.05, 0.1) is 11.4 Å². The molecule has 1 aromatic heterocycles. The number of halogens is 1. The van der Waals surface area contributed by atoms with E-state index in [9.17, 15) is 0 Å². The third-order valence-electron chi connectivity index (χ3n) is 3.83. The highest BCUT2D eigenvalue weighted by Gasteiger charge is 2.03. The number of aryl methyl sites for hydroxylation is 1. The summed E-state index contributed by atoms with van der Waals surface area (Å²) in [5, 5.41) is 0. The Morgan fingerprint density at radius 3 is 2.54 bits per heavy atom. The Kier molecular flexibility index (Phi) is 11.2. The molecule has 0 bridgehead atoms. The van der Waals surface area contributed by atoms with Gasteiger partial charge in [0, 0.05) is 5.54 Å². The van der Waals surface area contributed by atoms with Gasteiger partial charge in [-0.2, -0.15) is 0 Å². The number of rotatable bonds is 10. The average molecular weight is 393 g/mol. The lowest BCUT2D eigenvalue weighted by Gasteiger charge is -2.06. The zero-order valence-corrected chi connectivity index (χ0v) is 17.8. The van der Waals surface area contributed by atoms with Crippen molar-refractivity contribution in [1.29, 1.82) is 0 Å². The van der Waals surface area contributed by atoms with Crippen molar-refractivity contribution in [2.45, 2.75) is 33.6 Å². The number of allylic oxidation sites excluding steroid dienone is 12. The number of unbranched alkanes of at least 4 members (excludes halogenated alkanes) is 1. The van der Waals surface area contributed by atoms with Crippen molar-refractivity contribution in [3.8, 4) is 0 Å². The fraction of sp³-hybridized carbons (Fsp3) is 0.200. The molecule has 0 saturated carbocycles. The van der Waals surface area contributed by atoms with Gasteiger partial charge in [-0.25, -0.2) is 9.97 Å². The van der Waals surface area contributed by atoms with E-state index in [0.29, 0.717) is 5.82 Å². The van der Waals surface area contributed by atoms with Crippen molar-refractivity contribution in [2.75, 3.05) is 0 Å². The first kappa shape index (κ1) is 23.3. The molecule has 0 aliphatic heterocycles. The molecule has 0 aromatic carbocycles. The van der Waals surface area contributed by atoms with Crippen LogP contribution in [0, 0.1) is 6.92 Å². The van der Waals surface area contributed by atoms with Gasteiger partial charge in [-0.15, -0.1) is 0 Å². The topological polar surface area (TPSA) is 25.8 Å². The molecule has 0 N–H and O–H groups in total. The van der Waals surface area contributed by atoms with Crippen molar-refractivity contribution < 1.29 is 0 Å². The average Bonchev–Trinajstić information content (AvgIpc) is 2.69. The molecule has 0 aliphatic carbocycles. The number of hydrogen-bond acceptors (Lipinski definition) is 2. The van der Waals surface area contributed by atoms with Gasteiger partial charge in [0.25, 0.3) is 0 Å². The van der Waals surface area contributed by atoms with Crippen LogP contribution in [0.25, 0.3) is 11.6 Å². The number of aromatic nitrogens is 2. The van der Waals surface area contributed by atoms with Crippen LogP contribution in [0.2, 0.25) is 0 Å². The molecule has 0 amide bonds. The highest BCUT2D eigenvalue weighted by Crippen LogP contribution is 2.18. The molecule has 28 heavy (non-hydrogen) atoms. The molecular weight excluding hydrogens is 364 g/mol. The maximum atomic E-state index is 5.60. The Balaban J connectivity index is 3.11. The minimum absolute atomic E-state index is 0.712. The maximum Gasteiger partial charge on any atom is 0.126 e. The van der Waals surface area contributed by atoms with Crippen LogP contribution in [0.3, 0.4) is 0 Å². The van der Waals surface area contributed by atoms with Crippen molar-refractivity contribution in [3.05, 3.63) is 108 Å². The lowest BCUT2D eigenvalue weighted by atomic mass is 10.0. The molecule has 0 unspecified atom stereocenters. The summed E-state index contributed by atoms with van der Waals surface area (Å²) >= 11 is 5.60. The molecule has 0 fully saturated rings. The van der Waals surface area contributed by atoms with Crippen LogP contribution in [0.15, 0.2) is 90.6 Å². The largest absolute Gasteiger partial charge is 0.234 e. The van der Waals surface area contributed by atoms with E-state index in [4.69, 9.17) is 11.6 Å². The normalized spacial score (nSPS) is 13.4. The molecule has 2 nitrogen and oxygen atoms in total. The quantitative estimate of drug-likeness (QED) is 0.303. The highest BCUT2D eigenvalue weighted by molar-refractivity contribution is 6.25. The Bertz CT molecular complexity index is 849. The summed E-state index contributed by atoms with van der Waals surface area (Å²) in [5.41, 5.74) is 6.36. The zero-order chi connectivity index (χ0) is 20.8. The van der Waals surface area contributed by atoms with Crippen LogP contribution in [0.1, 0.15) is 43.9 Å². The third kappa shape index (κ3) is 8.32. The molecular formula is C25H29ClN2. The monoisotopic (exact) mass is 392 g/mol. The van der Waals surface area contributed by atoms with Crippen molar-refractivity contribution in [1.82, 2.24) is 9.97 Å². The Hall–Kier alpha value is -2.71. The fourth-order valence-corrected chi connectivity index (χ4v) is 2.63. The van der Waals surface area contributed by atoms with Gasteiger partial charge in [-0.3, -0.25) is 0 Å². The fourth-order valence-electron chi connectivity index (χ4n) is 2.50. The molecule has 0 atom stereocenters. The van der Waals surface area contributed by atoms with Gasteiger partial charge in [0.15, 0.2) is 0 Å². The lowest BCUT2D eigenvalue weighted by Crippen LogP contribution is -1.96. The number of nitrogens with zero attached hydrogens (tertiary/aromatic N) is 2. The van der Waals surface area contributed by atoms with Crippen LogP contribution in [-0.2, 0) is 0 Å². The lowest BCUT2D eigenvalue weighted by molar-refractivity contribution is 1.03. The van der Waals surface area contributed by atoms with Crippen LogP contribution in [0.4, 0.5) is 0 Å². The Morgan fingerprint density at radius 2 is 1.89 bits per heavy atom. The Morgan fingerprint density at radius 1 is 1.11 bits per heavy atom. The summed E-state index contributed by atoms with van der Waals surface area (Å²) in [4.78, 5) is 8.99. The van der Waals surface area contributed by atoms with E-state index in [0.717, 1.165) is 35.4 Å². The number of hydrogen-bond donors (Lipinski definition) is 0. The minimum atomic E-state index is 0.712. The first-order valence-corrected chi connectivity index (χ1v) is 9.76. The van der Waals surface area contributed by atoms with Gasteiger partial charge in [-0.05, 0) is 62.5 Å². The smallest absolute Gasteiger partial charge is 0.126 e. The van der Waals surface area contributed by atoms with E-state index >= 15 is 0 Å². The Labute approximate surface area is 174 Å². The van der Waals surface area contributed by atoms with E-state index in [1.165, 1.54) is 5.57 Å². The maximum absolute atomic E-state index is 5.60. The summed E-state index contributed by atoms with van der Waals surface area (Å²) in [5.74, 6) is 0.712. The first-order valence-electron chi connectivity index (χ1n) is 9.32. The van der Waals surface area contributed by atoms with Crippen LogP contribution in [0.5, 0.6) is 0 Å².